The van der Waals surface area contributed by atoms with Crippen LogP contribution in [0, 0.1) is 11.3 Å². The monoisotopic (exact) mass is 204 g/mol. The van der Waals surface area contributed by atoms with Crippen molar-refractivity contribution >= 4 is 21.0 Å². The van der Waals surface area contributed by atoms with E-state index in [1.165, 1.54) is 6.42 Å². The maximum absolute atomic E-state index is 4.53. The van der Waals surface area contributed by atoms with E-state index in [9.17, 15) is 0 Å². The fourth-order valence-electron chi connectivity index (χ4n) is 1.14. The van der Waals surface area contributed by atoms with Crippen LogP contribution in [0.2, 0.25) is 0 Å². The average molecular weight is 204 g/mol. The molecule has 0 heterocycles. The molecule has 1 nitrogen and oxygen atoms in total. The van der Waals surface area contributed by atoms with Gasteiger partial charge in [-0.1, -0.05) is 33.8 Å². The zero-order valence-electron chi connectivity index (χ0n) is 9.48. The summed E-state index contributed by atoms with van der Waals surface area (Å²) < 4.78 is 4.53. The molecule has 0 spiro atoms. The third-order valence-corrected chi connectivity index (χ3v) is 1.49. The Morgan fingerprint density at radius 2 is 1.75 bits per heavy atom. The van der Waals surface area contributed by atoms with Crippen LogP contribution < -0.4 is 0 Å². The topological polar surface area (TPSA) is 9.23 Å². The first-order valence-electron chi connectivity index (χ1n) is 4.43. The molecule has 0 amide bonds. The minimum Gasteiger partial charge on any atom is -0.471 e. The molecule has 0 N–H and O–H groups in total. The van der Waals surface area contributed by atoms with Crippen LogP contribution in [0.4, 0.5) is 0 Å². The van der Waals surface area contributed by atoms with Crippen LogP contribution in [0.5, 0.6) is 0 Å². The molecule has 0 unspecified atom stereocenters. The molecule has 0 aliphatic heterocycles. The molecule has 0 aromatic heterocycles. The van der Waals surface area contributed by atoms with Gasteiger partial charge in [-0.25, -0.2) is 0 Å². The molecule has 74 valence electrons. The molecule has 0 atom stereocenters. The Hall–Kier alpha value is 0.134. The summed E-state index contributed by atoms with van der Waals surface area (Å²) in [5.74, 6) is 0.776. The van der Waals surface area contributed by atoms with Gasteiger partial charge in [-0.15, -0.1) is 6.58 Å². The lowest BCUT2D eigenvalue weighted by molar-refractivity contribution is 0.367. The van der Waals surface area contributed by atoms with Gasteiger partial charge in [0, 0.05) is 0 Å². The van der Waals surface area contributed by atoms with Gasteiger partial charge in [0.1, 0.15) is 21.0 Å². The normalized spacial score (nSPS) is 11.1. The molecule has 12 heavy (non-hydrogen) atoms. The highest BCUT2D eigenvalue weighted by molar-refractivity contribution is 6.15. The standard InChI is InChI=1S/C9H18.H6OSi2/c1-6-9(4,5)7-8(2)3;2-1-3/h6,8H,1,7H2,2-5H3;2-3H3. The molecule has 0 aliphatic rings. The molecule has 0 saturated heterocycles. The van der Waals surface area contributed by atoms with Gasteiger partial charge < -0.3 is 4.12 Å². The number of allylic oxidation sites excluding steroid dienone is 1. The third-order valence-electron chi connectivity index (χ3n) is 1.49. The van der Waals surface area contributed by atoms with Crippen molar-refractivity contribution in [2.75, 3.05) is 0 Å². The van der Waals surface area contributed by atoms with E-state index < -0.39 is 0 Å². The summed E-state index contributed by atoms with van der Waals surface area (Å²) in [6, 6.07) is 0. The van der Waals surface area contributed by atoms with Gasteiger partial charge in [0.05, 0.1) is 0 Å². The van der Waals surface area contributed by atoms with Gasteiger partial charge in [-0.3, -0.25) is 0 Å². The van der Waals surface area contributed by atoms with Crippen LogP contribution in [0.15, 0.2) is 12.7 Å². The summed E-state index contributed by atoms with van der Waals surface area (Å²) in [6.45, 7) is 12.7. The van der Waals surface area contributed by atoms with Crippen molar-refractivity contribution in [1.29, 1.82) is 0 Å². The Morgan fingerprint density at radius 3 is 1.83 bits per heavy atom. The second-order valence-corrected chi connectivity index (χ2v) is 7.46. The van der Waals surface area contributed by atoms with Crippen LogP contribution in [-0.2, 0) is 4.12 Å². The Morgan fingerprint density at radius 1 is 1.42 bits per heavy atom. The lowest BCUT2D eigenvalue weighted by Gasteiger charge is -2.21. The summed E-state index contributed by atoms with van der Waals surface area (Å²) in [7, 11) is 1.86. The van der Waals surface area contributed by atoms with Crippen molar-refractivity contribution in [2.24, 2.45) is 11.3 Å². The second kappa shape index (κ2) is 7.77. The number of rotatable bonds is 3. The van der Waals surface area contributed by atoms with Gasteiger partial charge >= 0.3 is 0 Å². The molecule has 0 aliphatic carbocycles. The molecule has 0 saturated carbocycles. The van der Waals surface area contributed by atoms with Gasteiger partial charge in [0.2, 0.25) is 0 Å². The van der Waals surface area contributed by atoms with Gasteiger partial charge in [-0.05, 0) is 17.8 Å². The predicted molar refractivity (Wildman–Crippen MR) is 64.4 cm³/mol. The summed E-state index contributed by atoms with van der Waals surface area (Å²) in [4.78, 5) is 0. The Labute approximate surface area is 83.7 Å². The van der Waals surface area contributed by atoms with E-state index in [-0.39, 0.29) is 0 Å². The number of hydrogen-bond acceptors (Lipinski definition) is 1. The summed E-state index contributed by atoms with van der Waals surface area (Å²) in [5, 5.41) is 0. The highest BCUT2D eigenvalue weighted by atomic mass is 28.3. The second-order valence-electron chi connectivity index (χ2n) is 4.20. The lowest BCUT2D eigenvalue weighted by Crippen LogP contribution is -2.09. The highest BCUT2D eigenvalue weighted by Gasteiger charge is 2.13. The van der Waals surface area contributed by atoms with E-state index in [4.69, 9.17) is 0 Å². The molecular formula is C9H24OSi2. The summed E-state index contributed by atoms with van der Waals surface area (Å²) in [6.07, 6.45) is 3.27. The predicted octanol–water partition coefficient (Wildman–Crippen LogP) is 0.809. The molecule has 3 heteroatoms. The van der Waals surface area contributed by atoms with Crippen LogP contribution in [0.25, 0.3) is 0 Å². The van der Waals surface area contributed by atoms with Crippen molar-refractivity contribution in [2.45, 2.75) is 34.1 Å². The fourth-order valence-corrected chi connectivity index (χ4v) is 1.14. The van der Waals surface area contributed by atoms with E-state index >= 15 is 0 Å². The van der Waals surface area contributed by atoms with E-state index in [0.717, 1.165) is 26.9 Å². The van der Waals surface area contributed by atoms with Crippen LogP contribution >= 0.6 is 0 Å². The molecule has 0 aromatic carbocycles. The lowest BCUT2D eigenvalue weighted by atomic mass is 9.84. The summed E-state index contributed by atoms with van der Waals surface area (Å²) in [5.41, 5.74) is 0.328. The van der Waals surface area contributed by atoms with E-state index in [1.54, 1.807) is 0 Å². The molecular weight excluding hydrogens is 180 g/mol. The van der Waals surface area contributed by atoms with E-state index in [1.807, 2.05) is 6.08 Å². The van der Waals surface area contributed by atoms with Crippen molar-refractivity contribution < 1.29 is 4.12 Å². The third kappa shape index (κ3) is 12.8. The molecule has 0 aromatic rings. The molecule has 0 rings (SSSR count). The molecule has 0 fully saturated rings. The van der Waals surface area contributed by atoms with Crippen LogP contribution in [0.1, 0.15) is 34.1 Å². The quantitative estimate of drug-likeness (QED) is 0.488. The van der Waals surface area contributed by atoms with E-state index in [0.29, 0.717) is 5.41 Å². The first-order chi connectivity index (χ1) is 5.39. The van der Waals surface area contributed by atoms with Crippen molar-refractivity contribution in [3.8, 4) is 0 Å². The Balaban J connectivity index is 0. The van der Waals surface area contributed by atoms with Gasteiger partial charge in [0.25, 0.3) is 0 Å². The minimum absolute atomic E-state index is 0.328. The fraction of sp³-hybridized carbons (Fsp3) is 0.778. The van der Waals surface area contributed by atoms with Gasteiger partial charge in [0.15, 0.2) is 0 Å². The zero-order chi connectivity index (χ0) is 10.2. The van der Waals surface area contributed by atoms with Crippen molar-refractivity contribution in [3.05, 3.63) is 12.7 Å². The first kappa shape index (κ1) is 14.6. The summed E-state index contributed by atoms with van der Waals surface area (Å²) >= 11 is 0. The zero-order valence-corrected chi connectivity index (χ0v) is 13.5. The van der Waals surface area contributed by atoms with Crippen molar-refractivity contribution in [3.63, 3.8) is 0 Å². The van der Waals surface area contributed by atoms with Gasteiger partial charge in [-0.2, -0.15) is 0 Å². The molecule has 0 bridgehead atoms. The average Bonchev–Trinajstić information content (AvgIpc) is 1.87. The van der Waals surface area contributed by atoms with Crippen LogP contribution in [-0.4, -0.2) is 21.0 Å². The SMILES string of the molecule is C=CC(C)(C)CC(C)C.[SiH3]O[SiH3]. The Kier molecular flexibility index (Phi) is 9.48. The smallest absolute Gasteiger partial charge is 0.129 e. The maximum atomic E-state index is 4.53. The minimum atomic E-state index is 0.328. The highest BCUT2D eigenvalue weighted by Crippen LogP contribution is 2.25. The number of hydrogen-bond donors (Lipinski definition) is 0. The maximum Gasteiger partial charge on any atom is 0.129 e. The molecule has 0 radical (unpaired) electrons. The van der Waals surface area contributed by atoms with Crippen LogP contribution in [0.3, 0.4) is 0 Å². The van der Waals surface area contributed by atoms with E-state index in [2.05, 4.69) is 38.4 Å². The van der Waals surface area contributed by atoms with Crippen molar-refractivity contribution in [1.82, 2.24) is 0 Å². The Bertz CT molecular complexity index is 111. The largest absolute Gasteiger partial charge is 0.471 e. The first-order valence-corrected chi connectivity index (χ1v) is 6.06.